The maximum absolute atomic E-state index is 10.5. The fourth-order valence-corrected chi connectivity index (χ4v) is 0.443. The summed E-state index contributed by atoms with van der Waals surface area (Å²) in [7, 11) is 1.57. The average Bonchev–Trinajstić information content (AvgIpc) is 1.87. The number of nitrogens with one attached hydrogen (secondary N) is 2. The number of urea groups is 1. The molecule has 1 atom stereocenters. The van der Waals surface area contributed by atoms with E-state index < -0.39 is 0 Å². The summed E-state index contributed by atoms with van der Waals surface area (Å²) in [6.45, 7) is 1.95. The minimum Gasteiger partial charge on any atom is -0.341 e. The van der Waals surface area contributed by atoms with E-state index in [2.05, 4.69) is 23.3 Å². The van der Waals surface area contributed by atoms with Crippen LogP contribution in [0.15, 0.2) is 0 Å². The van der Waals surface area contributed by atoms with Crippen LogP contribution >= 0.6 is 12.6 Å². The number of amides is 2. The summed E-state index contributed by atoms with van der Waals surface area (Å²) < 4.78 is 0. The Morgan fingerprint density at radius 1 is 1.78 bits per heavy atom. The summed E-state index contributed by atoms with van der Waals surface area (Å²) >= 11 is 4.05. The Balaban J connectivity index is 3.34. The standard InChI is InChI=1S/C5H12N2OS/c1-3-4(9)7-5(8)6-2/h4,9H,3H2,1-2H3,(H2,6,7,8). The lowest BCUT2D eigenvalue weighted by Gasteiger charge is -2.08. The molecular weight excluding hydrogens is 136 g/mol. The second kappa shape index (κ2) is 4.49. The van der Waals surface area contributed by atoms with E-state index in [1.54, 1.807) is 7.05 Å². The van der Waals surface area contributed by atoms with Gasteiger partial charge in [0.2, 0.25) is 0 Å². The van der Waals surface area contributed by atoms with Crippen molar-refractivity contribution in [2.24, 2.45) is 0 Å². The zero-order valence-electron chi connectivity index (χ0n) is 5.64. The summed E-state index contributed by atoms with van der Waals surface area (Å²) in [5, 5.41) is 4.99. The zero-order valence-corrected chi connectivity index (χ0v) is 6.53. The van der Waals surface area contributed by atoms with Crippen LogP contribution in [0, 0.1) is 0 Å². The second-order valence-electron chi connectivity index (χ2n) is 1.65. The molecule has 9 heavy (non-hydrogen) atoms. The minimum atomic E-state index is -0.183. The highest BCUT2D eigenvalue weighted by Gasteiger charge is 2.00. The smallest absolute Gasteiger partial charge is 0.315 e. The lowest BCUT2D eigenvalue weighted by atomic mass is 10.5. The Kier molecular flexibility index (Phi) is 4.30. The number of carbonyl (C=O) groups is 1. The van der Waals surface area contributed by atoms with Crippen LogP contribution in [0.1, 0.15) is 13.3 Å². The van der Waals surface area contributed by atoms with E-state index in [1.807, 2.05) is 6.92 Å². The molecular formula is C5H12N2OS. The summed E-state index contributed by atoms with van der Waals surface area (Å²) in [6, 6.07) is -0.183. The number of thiol groups is 1. The fraction of sp³-hybridized carbons (Fsp3) is 0.800. The van der Waals surface area contributed by atoms with Crippen molar-refractivity contribution >= 4 is 18.7 Å². The van der Waals surface area contributed by atoms with Crippen LogP contribution < -0.4 is 10.6 Å². The summed E-state index contributed by atoms with van der Waals surface area (Å²) in [4.78, 5) is 10.5. The van der Waals surface area contributed by atoms with Gasteiger partial charge in [0.25, 0.3) is 0 Å². The molecule has 0 aliphatic carbocycles. The van der Waals surface area contributed by atoms with Crippen LogP contribution in [-0.4, -0.2) is 18.5 Å². The van der Waals surface area contributed by atoms with Crippen molar-refractivity contribution in [3.63, 3.8) is 0 Å². The van der Waals surface area contributed by atoms with Gasteiger partial charge in [-0.05, 0) is 6.42 Å². The van der Waals surface area contributed by atoms with Gasteiger partial charge in [-0.1, -0.05) is 6.92 Å². The van der Waals surface area contributed by atoms with E-state index in [9.17, 15) is 4.79 Å². The van der Waals surface area contributed by atoms with Crippen molar-refractivity contribution in [1.82, 2.24) is 10.6 Å². The van der Waals surface area contributed by atoms with E-state index in [0.29, 0.717) is 0 Å². The van der Waals surface area contributed by atoms with Gasteiger partial charge in [-0.2, -0.15) is 12.6 Å². The summed E-state index contributed by atoms with van der Waals surface area (Å²) in [5.41, 5.74) is 0. The molecule has 2 N–H and O–H groups in total. The van der Waals surface area contributed by atoms with Gasteiger partial charge in [0, 0.05) is 7.05 Å². The largest absolute Gasteiger partial charge is 0.341 e. The van der Waals surface area contributed by atoms with Gasteiger partial charge >= 0.3 is 6.03 Å². The number of carbonyl (C=O) groups excluding carboxylic acids is 1. The molecule has 0 fully saturated rings. The molecule has 0 aromatic heterocycles. The fourth-order valence-electron chi connectivity index (χ4n) is 0.326. The Morgan fingerprint density at radius 2 is 2.33 bits per heavy atom. The van der Waals surface area contributed by atoms with E-state index >= 15 is 0 Å². The Bertz CT molecular complexity index is 97.0. The second-order valence-corrected chi connectivity index (χ2v) is 2.27. The van der Waals surface area contributed by atoms with Gasteiger partial charge in [-0.15, -0.1) is 0 Å². The average molecular weight is 148 g/mol. The van der Waals surface area contributed by atoms with Crippen LogP contribution in [-0.2, 0) is 0 Å². The van der Waals surface area contributed by atoms with Crippen LogP contribution in [0.25, 0.3) is 0 Å². The molecule has 0 heterocycles. The highest BCUT2D eigenvalue weighted by atomic mass is 32.1. The molecule has 0 rings (SSSR count). The van der Waals surface area contributed by atoms with E-state index in [4.69, 9.17) is 0 Å². The molecule has 0 aromatic rings. The first-order valence-corrected chi connectivity index (χ1v) is 3.38. The molecule has 0 aliphatic heterocycles. The van der Waals surface area contributed by atoms with Gasteiger partial charge in [0.1, 0.15) is 0 Å². The minimum absolute atomic E-state index is 0.0371. The van der Waals surface area contributed by atoms with Gasteiger partial charge in [-0.25, -0.2) is 4.79 Å². The Morgan fingerprint density at radius 3 is 2.67 bits per heavy atom. The first kappa shape index (κ1) is 8.62. The number of hydrogen-bond acceptors (Lipinski definition) is 2. The third-order valence-corrected chi connectivity index (χ3v) is 1.41. The molecule has 2 amide bonds. The van der Waals surface area contributed by atoms with Crippen LogP contribution in [0.5, 0.6) is 0 Å². The molecule has 0 saturated heterocycles. The number of hydrogen-bond donors (Lipinski definition) is 3. The van der Waals surface area contributed by atoms with Gasteiger partial charge < -0.3 is 10.6 Å². The van der Waals surface area contributed by atoms with E-state index in [1.165, 1.54) is 0 Å². The first-order valence-electron chi connectivity index (χ1n) is 2.87. The lowest BCUT2D eigenvalue weighted by molar-refractivity contribution is 0.242. The zero-order chi connectivity index (χ0) is 7.28. The summed E-state index contributed by atoms with van der Waals surface area (Å²) in [6.07, 6.45) is 0.830. The maximum Gasteiger partial charge on any atom is 0.315 e. The highest BCUT2D eigenvalue weighted by molar-refractivity contribution is 7.80. The number of rotatable bonds is 2. The molecule has 0 spiro atoms. The molecule has 0 radical (unpaired) electrons. The van der Waals surface area contributed by atoms with E-state index in [-0.39, 0.29) is 11.4 Å². The van der Waals surface area contributed by atoms with Crippen molar-refractivity contribution in [2.45, 2.75) is 18.7 Å². The third kappa shape index (κ3) is 4.14. The third-order valence-electron chi connectivity index (χ3n) is 0.911. The van der Waals surface area contributed by atoms with Crippen molar-refractivity contribution in [3.8, 4) is 0 Å². The molecule has 0 aromatic carbocycles. The van der Waals surface area contributed by atoms with Crippen molar-refractivity contribution < 1.29 is 4.79 Å². The molecule has 0 aliphatic rings. The molecule has 0 saturated carbocycles. The first-order chi connectivity index (χ1) is 4.20. The topological polar surface area (TPSA) is 41.1 Å². The molecule has 54 valence electrons. The van der Waals surface area contributed by atoms with Crippen molar-refractivity contribution in [2.75, 3.05) is 7.05 Å². The predicted molar refractivity (Wildman–Crippen MR) is 40.7 cm³/mol. The molecule has 0 bridgehead atoms. The Labute approximate surface area is 60.6 Å². The molecule has 1 unspecified atom stereocenters. The van der Waals surface area contributed by atoms with Crippen LogP contribution in [0.2, 0.25) is 0 Å². The maximum atomic E-state index is 10.5. The molecule has 3 nitrogen and oxygen atoms in total. The SMILES string of the molecule is CCC(S)NC(=O)NC. The van der Waals surface area contributed by atoms with E-state index in [0.717, 1.165) is 6.42 Å². The lowest BCUT2D eigenvalue weighted by Crippen LogP contribution is -2.37. The van der Waals surface area contributed by atoms with Crippen molar-refractivity contribution in [3.05, 3.63) is 0 Å². The monoisotopic (exact) mass is 148 g/mol. The van der Waals surface area contributed by atoms with Gasteiger partial charge in [0.05, 0.1) is 5.37 Å². The summed E-state index contributed by atoms with van der Waals surface area (Å²) in [5.74, 6) is 0. The van der Waals surface area contributed by atoms with Gasteiger partial charge in [-0.3, -0.25) is 0 Å². The van der Waals surface area contributed by atoms with Crippen LogP contribution in [0.4, 0.5) is 4.79 Å². The molecule has 4 heteroatoms. The van der Waals surface area contributed by atoms with Crippen molar-refractivity contribution in [1.29, 1.82) is 0 Å². The van der Waals surface area contributed by atoms with Gasteiger partial charge in [0.15, 0.2) is 0 Å². The normalized spacial score (nSPS) is 12.3. The highest BCUT2D eigenvalue weighted by Crippen LogP contribution is 1.93. The predicted octanol–water partition coefficient (Wildman–Crippen LogP) is 0.581. The quantitative estimate of drug-likeness (QED) is 0.389. The Hall–Kier alpha value is -0.380. The van der Waals surface area contributed by atoms with Crippen LogP contribution in [0.3, 0.4) is 0 Å².